The van der Waals surface area contributed by atoms with Crippen molar-refractivity contribution in [3.05, 3.63) is 74.5 Å². The van der Waals surface area contributed by atoms with Crippen LogP contribution in [0, 0.1) is 0 Å². The quantitative estimate of drug-likeness (QED) is 0.772. The highest BCUT2D eigenvalue weighted by Crippen LogP contribution is 2.20. The molecule has 4 heteroatoms. The van der Waals surface area contributed by atoms with Crippen LogP contribution in [-0.4, -0.2) is 9.67 Å². The van der Waals surface area contributed by atoms with E-state index < -0.39 is 0 Å². The second-order valence-electron chi connectivity index (χ2n) is 5.08. The van der Waals surface area contributed by atoms with Crippen molar-refractivity contribution in [3.63, 3.8) is 0 Å². The van der Waals surface area contributed by atoms with Crippen molar-refractivity contribution < 1.29 is 5.11 Å². The fourth-order valence-electron chi connectivity index (χ4n) is 2.48. The van der Waals surface area contributed by atoms with E-state index in [0.29, 0.717) is 6.42 Å². The van der Waals surface area contributed by atoms with Crippen molar-refractivity contribution in [2.45, 2.75) is 6.42 Å². The van der Waals surface area contributed by atoms with Gasteiger partial charge in [0.2, 0.25) is 0 Å². The first kappa shape index (κ1) is 13.9. The van der Waals surface area contributed by atoms with Crippen LogP contribution in [0.4, 0.5) is 0 Å². The molecule has 2 aromatic carbocycles. The van der Waals surface area contributed by atoms with Crippen LogP contribution in [0.5, 0.6) is 5.75 Å². The van der Waals surface area contributed by atoms with Crippen LogP contribution in [0.3, 0.4) is 0 Å². The molecule has 3 nitrogen and oxygen atoms in total. The minimum Gasteiger partial charge on any atom is -0.508 e. The summed E-state index contributed by atoms with van der Waals surface area (Å²) in [4.78, 5) is 12.4. The Kier molecular flexibility index (Phi) is 3.55. The normalized spacial score (nSPS) is 11.0. The topological polar surface area (TPSA) is 42.2 Å². The lowest BCUT2D eigenvalue weighted by Gasteiger charge is -2.09. The monoisotopic (exact) mass is 343 g/mol. The third-order valence-corrected chi connectivity index (χ3v) is 4.08. The van der Waals surface area contributed by atoms with Crippen molar-refractivity contribution in [1.29, 1.82) is 0 Å². The Labute approximate surface area is 130 Å². The van der Waals surface area contributed by atoms with Crippen LogP contribution in [0.25, 0.3) is 10.9 Å². The maximum Gasteiger partial charge on any atom is 0.254 e. The van der Waals surface area contributed by atoms with Gasteiger partial charge in [0, 0.05) is 23.5 Å². The van der Waals surface area contributed by atoms with Crippen LogP contribution < -0.4 is 5.56 Å². The summed E-state index contributed by atoms with van der Waals surface area (Å²) in [6.45, 7) is 0. The number of rotatable bonds is 2. The molecule has 0 aliphatic rings. The maximum absolute atomic E-state index is 12.4. The molecule has 106 valence electrons. The molecular weight excluding hydrogens is 330 g/mol. The zero-order chi connectivity index (χ0) is 15.0. The molecule has 0 amide bonds. The highest BCUT2D eigenvalue weighted by atomic mass is 79.9. The molecule has 0 aliphatic carbocycles. The van der Waals surface area contributed by atoms with Crippen molar-refractivity contribution in [2.75, 3.05) is 0 Å². The number of aryl methyl sites for hydroxylation is 1. The number of hydrogen-bond acceptors (Lipinski definition) is 2. The number of halogens is 1. The lowest BCUT2D eigenvalue weighted by Crippen LogP contribution is -2.21. The Balaban J connectivity index is 2.12. The summed E-state index contributed by atoms with van der Waals surface area (Å²) in [6.07, 6.45) is 0.551. The highest BCUT2D eigenvalue weighted by molar-refractivity contribution is 9.10. The van der Waals surface area contributed by atoms with Gasteiger partial charge in [-0.25, -0.2) is 0 Å². The molecule has 21 heavy (non-hydrogen) atoms. The SMILES string of the molecule is Cn1c(=O)c(Cc2ccc(O)cc2)cc2cc(Br)ccc21. The van der Waals surface area contributed by atoms with Gasteiger partial charge in [-0.15, -0.1) is 0 Å². The molecule has 1 aromatic heterocycles. The Bertz CT molecular complexity index is 866. The Morgan fingerprint density at radius 3 is 2.52 bits per heavy atom. The molecule has 0 bridgehead atoms. The number of aromatic hydroxyl groups is 1. The van der Waals surface area contributed by atoms with E-state index in [1.807, 2.05) is 36.4 Å². The summed E-state index contributed by atoms with van der Waals surface area (Å²) >= 11 is 3.46. The van der Waals surface area contributed by atoms with Gasteiger partial charge in [-0.3, -0.25) is 4.79 Å². The van der Waals surface area contributed by atoms with Gasteiger partial charge in [-0.05, 0) is 47.3 Å². The van der Waals surface area contributed by atoms with Crippen molar-refractivity contribution in [3.8, 4) is 5.75 Å². The predicted molar refractivity (Wildman–Crippen MR) is 87.8 cm³/mol. The van der Waals surface area contributed by atoms with E-state index in [4.69, 9.17) is 0 Å². The molecule has 0 spiro atoms. The Hall–Kier alpha value is -2.07. The predicted octanol–water partition coefficient (Wildman–Crippen LogP) is 3.60. The fourth-order valence-corrected chi connectivity index (χ4v) is 2.86. The van der Waals surface area contributed by atoms with E-state index >= 15 is 0 Å². The fraction of sp³-hybridized carbons (Fsp3) is 0.118. The molecule has 1 heterocycles. The Morgan fingerprint density at radius 2 is 1.81 bits per heavy atom. The van der Waals surface area contributed by atoms with Crippen LogP contribution in [0.1, 0.15) is 11.1 Å². The molecule has 0 radical (unpaired) electrons. The van der Waals surface area contributed by atoms with Gasteiger partial charge >= 0.3 is 0 Å². The van der Waals surface area contributed by atoms with Crippen molar-refractivity contribution >= 4 is 26.8 Å². The summed E-state index contributed by atoms with van der Waals surface area (Å²) in [7, 11) is 1.79. The number of pyridine rings is 1. The number of hydrogen-bond donors (Lipinski definition) is 1. The number of benzene rings is 2. The average Bonchev–Trinajstić information content (AvgIpc) is 2.46. The summed E-state index contributed by atoms with van der Waals surface area (Å²) in [5.74, 6) is 0.231. The summed E-state index contributed by atoms with van der Waals surface area (Å²) < 4.78 is 2.67. The molecule has 3 rings (SSSR count). The largest absolute Gasteiger partial charge is 0.508 e. The first-order valence-corrected chi connectivity index (χ1v) is 7.40. The molecule has 0 saturated heterocycles. The lowest BCUT2D eigenvalue weighted by molar-refractivity contribution is 0.475. The van der Waals surface area contributed by atoms with Crippen LogP contribution in [-0.2, 0) is 13.5 Å². The van der Waals surface area contributed by atoms with E-state index in [2.05, 4.69) is 15.9 Å². The number of phenols is 1. The van der Waals surface area contributed by atoms with Gasteiger partial charge in [-0.1, -0.05) is 28.1 Å². The molecule has 0 unspecified atom stereocenters. The molecule has 3 aromatic rings. The molecule has 0 atom stereocenters. The number of aromatic nitrogens is 1. The smallest absolute Gasteiger partial charge is 0.254 e. The van der Waals surface area contributed by atoms with E-state index in [-0.39, 0.29) is 11.3 Å². The van der Waals surface area contributed by atoms with Crippen LogP contribution in [0.15, 0.2) is 57.8 Å². The van der Waals surface area contributed by atoms with Gasteiger partial charge in [0.05, 0.1) is 5.52 Å². The number of nitrogens with zero attached hydrogens (tertiary/aromatic N) is 1. The van der Waals surface area contributed by atoms with E-state index in [9.17, 15) is 9.90 Å². The zero-order valence-electron chi connectivity index (χ0n) is 11.5. The van der Waals surface area contributed by atoms with Gasteiger partial charge in [0.1, 0.15) is 5.75 Å². The van der Waals surface area contributed by atoms with Gasteiger partial charge in [-0.2, -0.15) is 0 Å². The average molecular weight is 344 g/mol. The first-order chi connectivity index (χ1) is 10.0. The van der Waals surface area contributed by atoms with E-state index in [0.717, 1.165) is 26.5 Å². The molecule has 0 aliphatic heterocycles. The molecule has 0 saturated carbocycles. The van der Waals surface area contributed by atoms with Gasteiger partial charge in [0.25, 0.3) is 5.56 Å². The minimum absolute atomic E-state index is 0.0119. The van der Waals surface area contributed by atoms with E-state index in [1.54, 1.807) is 23.7 Å². The van der Waals surface area contributed by atoms with Crippen molar-refractivity contribution in [2.24, 2.45) is 7.05 Å². The van der Waals surface area contributed by atoms with Crippen LogP contribution in [0.2, 0.25) is 0 Å². The first-order valence-electron chi connectivity index (χ1n) is 6.60. The van der Waals surface area contributed by atoms with Crippen molar-refractivity contribution in [1.82, 2.24) is 4.57 Å². The summed E-state index contributed by atoms with van der Waals surface area (Å²) in [5, 5.41) is 10.4. The standard InChI is InChI=1S/C17H14BrNO2/c1-19-16-7-4-14(18)10-12(16)9-13(17(19)21)8-11-2-5-15(20)6-3-11/h2-7,9-10,20H,8H2,1H3. The lowest BCUT2D eigenvalue weighted by atomic mass is 10.0. The number of fused-ring (bicyclic) bond motifs is 1. The third-order valence-electron chi connectivity index (χ3n) is 3.59. The maximum atomic E-state index is 12.4. The molecular formula is C17H14BrNO2. The minimum atomic E-state index is 0.0119. The second-order valence-corrected chi connectivity index (χ2v) is 6.00. The Morgan fingerprint density at radius 1 is 1.10 bits per heavy atom. The summed E-state index contributed by atoms with van der Waals surface area (Å²) in [5.41, 5.74) is 2.67. The third kappa shape index (κ3) is 2.72. The van der Waals surface area contributed by atoms with Gasteiger partial charge in [0.15, 0.2) is 0 Å². The zero-order valence-corrected chi connectivity index (χ0v) is 13.1. The van der Waals surface area contributed by atoms with Gasteiger partial charge < -0.3 is 9.67 Å². The van der Waals surface area contributed by atoms with Crippen LogP contribution >= 0.6 is 15.9 Å². The number of phenolic OH excluding ortho intramolecular Hbond substituents is 1. The van der Waals surface area contributed by atoms with E-state index in [1.165, 1.54) is 0 Å². The molecule has 1 N–H and O–H groups in total. The highest BCUT2D eigenvalue weighted by Gasteiger charge is 2.08. The summed E-state index contributed by atoms with van der Waals surface area (Å²) in [6, 6.07) is 14.8. The molecule has 0 fully saturated rings. The second kappa shape index (κ2) is 5.37.